The first kappa shape index (κ1) is 80.7. The van der Waals surface area contributed by atoms with Crippen LogP contribution in [-0.4, -0.2) is 134 Å². The number of phenols is 1. The van der Waals surface area contributed by atoms with Crippen LogP contribution in [0.5, 0.6) is 5.75 Å². The number of rotatable bonds is 56. The minimum absolute atomic E-state index is 0.0299. The molecule has 0 saturated heterocycles. The molecule has 16 N–H and O–H groups in total. The second-order valence-electron chi connectivity index (χ2n) is 24.3. The quantitative estimate of drug-likeness (QED) is 0.0207. The number of ether oxygens (including phenoxy) is 1. The maximum Gasteiger partial charge on any atom is 0.243 e. The third-order valence-electron chi connectivity index (χ3n) is 15.9. The number of nitrogens with one attached hydrogen (secondary N) is 5. The number of unbranched alkanes of at least 4 members (excludes halogenated alkanes) is 14. The van der Waals surface area contributed by atoms with E-state index in [9.17, 15) is 53.1 Å². The molecule has 1 aromatic rings. The molecule has 506 valence electrons. The van der Waals surface area contributed by atoms with Crippen LogP contribution in [0.2, 0.25) is 0 Å². The number of benzene rings is 1. The van der Waals surface area contributed by atoms with Crippen molar-refractivity contribution in [1.82, 2.24) is 26.6 Å². The summed E-state index contributed by atoms with van der Waals surface area (Å²) in [5, 5.41) is 23.9. The number of Topliss-reactive ketones (excluding diaryl/α,β-unsaturated/α-hetero) is 4. The third-order valence-corrected chi connectivity index (χ3v) is 15.9. The number of carbonyl (C=O) groups excluding carboxylic acids is 10. The summed E-state index contributed by atoms with van der Waals surface area (Å²) in [6.45, 7) is 8.23. The Morgan fingerprint density at radius 1 is 0.528 bits per heavy atom. The average Bonchev–Trinajstić information content (AvgIpc) is 3.69. The highest BCUT2D eigenvalue weighted by molar-refractivity contribution is 5.98. The van der Waals surface area contributed by atoms with Gasteiger partial charge in [0.05, 0.1) is 24.7 Å². The van der Waals surface area contributed by atoms with Gasteiger partial charge in [-0.25, -0.2) is 0 Å². The average molecular weight is 1250 g/mol. The van der Waals surface area contributed by atoms with Crippen molar-refractivity contribution in [2.45, 2.75) is 251 Å². The molecule has 0 aromatic heterocycles. The molecular weight excluding hydrogens is 1140 g/mol. The van der Waals surface area contributed by atoms with Crippen LogP contribution < -0.4 is 55.3 Å². The molecule has 0 spiro atoms. The molecule has 1 rings (SSSR count). The second-order valence-corrected chi connectivity index (χ2v) is 24.3. The molecule has 0 aliphatic rings. The van der Waals surface area contributed by atoms with Crippen LogP contribution in [0.15, 0.2) is 29.3 Å². The summed E-state index contributed by atoms with van der Waals surface area (Å²) in [4.78, 5) is 141. The third kappa shape index (κ3) is 38.7. The number of phenolic OH excluding ortho intramolecular Hbond substituents is 1. The van der Waals surface area contributed by atoms with E-state index in [0.717, 1.165) is 19.3 Å². The summed E-state index contributed by atoms with van der Waals surface area (Å²) in [7, 11) is 1.47. The number of methoxy groups -OCH3 is 1. The number of ketones is 4. The Balaban J connectivity index is 3.35. The number of amides is 6. The van der Waals surface area contributed by atoms with Crippen molar-refractivity contribution in [2.24, 2.45) is 57.3 Å². The van der Waals surface area contributed by atoms with Gasteiger partial charge in [0.1, 0.15) is 11.8 Å². The maximum absolute atomic E-state index is 14.5. The molecule has 0 fully saturated rings. The minimum atomic E-state index is -1.37. The first-order chi connectivity index (χ1) is 42.6. The molecule has 0 aliphatic carbocycles. The van der Waals surface area contributed by atoms with Crippen molar-refractivity contribution in [2.75, 3.05) is 39.9 Å². The molecule has 23 nitrogen and oxygen atoms in total. The molecule has 0 radical (unpaired) electrons. The van der Waals surface area contributed by atoms with Crippen molar-refractivity contribution in [3.63, 3.8) is 0 Å². The molecule has 7 atom stereocenters. The number of hydrogen-bond acceptors (Lipinski definition) is 15. The van der Waals surface area contributed by atoms with Gasteiger partial charge in [-0.3, -0.25) is 52.9 Å². The smallest absolute Gasteiger partial charge is 0.243 e. The molecule has 23 heteroatoms. The summed E-state index contributed by atoms with van der Waals surface area (Å²) >= 11 is 0. The summed E-state index contributed by atoms with van der Waals surface area (Å²) < 4.78 is 5.21. The Labute approximate surface area is 530 Å². The second kappa shape index (κ2) is 49.5. The molecule has 0 unspecified atom stereocenters. The van der Waals surface area contributed by atoms with Gasteiger partial charge in [0, 0.05) is 76.5 Å². The van der Waals surface area contributed by atoms with Crippen molar-refractivity contribution in [1.29, 1.82) is 0 Å². The highest BCUT2D eigenvalue weighted by Crippen LogP contribution is 2.24. The van der Waals surface area contributed by atoms with E-state index >= 15 is 0 Å². The molecule has 89 heavy (non-hydrogen) atoms. The normalized spacial score (nSPS) is 13.6. The van der Waals surface area contributed by atoms with Gasteiger partial charge in [-0.1, -0.05) is 123 Å². The van der Waals surface area contributed by atoms with Gasteiger partial charge in [-0.2, -0.15) is 0 Å². The van der Waals surface area contributed by atoms with Crippen molar-refractivity contribution >= 4 is 64.5 Å². The number of nitrogens with zero attached hydrogens (tertiary/aromatic N) is 1. The topological polar surface area (TPSA) is 403 Å². The zero-order chi connectivity index (χ0) is 66.4. The van der Waals surface area contributed by atoms with Gasteiger partial charge < -0.3 is 65.1 Å². The van der Waals surface area contributed by atoms with Gasteiger partial charge >= 0.3 is 0 Å². The van der Waals surface area contributed by atoms with Gasteiger partial charge in [0.15, 0.2) is 29.1 Å². The monoisotopic (exact) mass is 1250 g/mol. The van der Waals surface area contributed by atoms with Gasteiger partial charge in [0.2, 0.25) is 35.4 Å². The lowest BCUT2D eigenvalue weighted by Gasteiger charge is -2.27. The van der Waals surface area contributed by atoms with Crippen LogP contribution in [-0.2, 0) is 59.1 Å². The van der Waals surface area contributed by atoms with Crippen LogP contribution in [0.4, 0.5) is 0 Å². The van der Waals surface area contributed by atoms with E-state index in [4.69, 9.17) is 33.4 Å². The van der Waals surface area contributed by atoms with E-state index < -0.39 is 108 Å². The van der Waals surface area contributed by atoms with Crippen molar-refractivity contribution in [3.05, 3.63) is 29.8 Å². The standard InChI is InChI=1S/C66H115N11O12/c1-6-8-9-10-11-12-13-14-15-16-17-18-19-28-61(84)74-56(35-39-89-5)65(88)73-45-52(79)42-50(41-47-29-31-51(78)32-30-47)64(87)77-55(33-34-60(69)83)58(81)43-48(25-20-22-36-67)62(85)76-54(26-21-23-37-68)59(82)44-49(40-46(3)4)63(86)75-53(57(80)7-2)27-24-38-72-66(70)71/h29-32,46,48-50,53-56,78H,6-28,33-45,67-68H2,1-5H3,(H2,69,83)(H,73,88)(H,74,84)(H,75,86)(H,76,85)(H,77,87)(H4,70,71,72)/t48-,49-,50-,53+,54+,55+,56+/m1/s1. The molecule has 1 aromatic carbocycles. The number of nitrogens with two attached hydrogens (primary N) is 5. The van der Waals surface area contributed by atoms with Crippen LogP contribution in [0.3, 0.4) is 0 Å². The number of primary amides is 1. The summed E-state index contributed by atoms with van der Waals surface area (Å²) in [5.74, 6) is -8.52. The number of hydrogen-bond donors (Lipinski definition) is 11. The molecule has 0 heterocycles. The Morgan fingerprint density at radius 2 is 1.03 bits per heavy atom. The highest BCUT2D eigenvalue weighted by atomic mass is 16.5. The lowest BCUT2D eigenvalue weighted by Crippen LogP contribution is -2.49. The Morgan fingerprint density at radius 3 is 1.56 bits per heavy atom. The van der Waals surface area contributed by atoms with E-state index in [-0.39, 0.29) is 113 Å². The number of carbonyl (C=O) groups is 10. The van der Waals surface area contributed by atoms with Crippen LogP contribution in [0, 0.1) is 23.7 Å². The minimum Gasteiger partial charge on any atom is -0.508 e. The molecule has 0 saturated carbocycles. The maximum atomic E-state index is 14.5. The fraction of sp³-hybridized carbons (Fsp3) is 0.742. The lowest BCUT2D eigenvalue weighted by atomic mass is 9.87. The number of guanidine groups is 1. The van der Waals surface area contributed by atoms with Crippen LogP contribution in [0.1, 0.15) is 226 Å². The van der Waals surface area contributed by atoms with Crippen LogP contribution >= 0.6 is 0 Å². The van der Waals surface area contributed by atoms with E-state index in [0.29, 0.717) is 57.1 Å². The molecule has 0 bridgehead atoms. The Kier molecular flexibility index (Phi) is 44.8. The summed E-state index contributed by atoms with van der Waals surface area (Å²) in [6.07, 6.45) is 17.1. The lowest BCUT2D eigenvalue weighted by molar-refractivity contribution is -0.136. The Bertz CT molecular complexity index is 2280. The summed E-state index contributed by atoms with van der Waals surface area (Å²) in [5.41, 5.74) is 28.7. The number of aromatic hydroxyl groups is 1. The van der Waals surface area contributed by atoms with Crippen molar-refractivity contribution < 1.29 is 57.8 Å². The van der Waals surface area contributed by atoms with E-state index in [1.807, 2.05) is 13.8 Å². The van der Waals surface area contributed by atoms with E-state index in [1.54, 1.807) is 19.1 Å². The zero-order valence-corrected chi connectivity index (χ0v) is 54.7. The molecular formula is C66H115N11O12. The van der Waals surface area contributed by atoms with E-state index in [2.05, 4.69) is 38.5 Å². The summed E-state index contributed by atoms with van der Waals surface area (Å²) in [6, 6.07) is 1.70. The molecule has 0 aliphatic heterocycles. The fourth-order valence-electron chi connectivity index (χ4n) is 10.7. The van der Waals surface area contributed by atoms with Gasteiger partial charge in [-0.05, 0) is 114 Å². The predicted octanol–water partition coefficient (Wildman–Crippen LogP) is 5.84. The Hall–Kier alpha value is -6.33. The number of aliphatic imine (C=N–C) groups is 1. The molecule has 6 amide bonds. The first-order valence-corrected chi connectivity index (χ1v) is 33.2. The van der Waals surface area contributed by atoms with Crippen molar-refractivity contribution in [3.8, 4) is 5.75 Å². The highest BCUT2D eigenvalue weighted by Gasteiger charge is 2.35. The predicted molar refractivity (Wildman–Crippen MR) is 348 cm³/mol. The first-order valence-electron chi connectivity index (χ1n) is 33.2. The van der Waals surface area contributed by atoms with Gasteiger partial charge in [-0.15, -0.1) is 0 Å². The zero-order valence-electron chi connectivity index (χ0n) is 54.7. The fourth-order valence-corrected chi connectivity index (χ4v) is 10.7. The van der Waals surface area contributed by atoms with Crippen LogP contribution in [0.25, 0.3) is 0 Å². The SMILES string of the molecule is CCCCCCCCCCCCCCCC(=O)N[C@@H](CCOC)C(=O)NCC(=O)C[C@@H](Cc1ccc(O)cc1)C(=O)N[C@@H](CCC(N)=O)C(=O)C[C@@H](CCCCN)C(=O)N[C@@H](CCCCN)C(=O)C[C@@H](CC(C)C)C(=O)N[C@@H](CCCN=C(N)N)C(=O)CC. The van der Waals surface area contributed by atoms with E-state index in [1.165, 1.54) is 77.0 Å². The van der Waals surface area contributed by atoms with Gasteiger partial charge in [0.25, 0.3) is 0 Å². The largest absolute Gasteiger partial charge is 0.508 e.